The Morgan fingerprint density at radius 2 is 1.54 bits per heavy atom. The minimum Gasteiger partial charge on any atom is -0.210 e. The van der Waals surface area contributed by atoms with Crippen LogP contribution < -0.4 is 0 Å². The van der Waals surface area contributed by atoms with E-state index in [1.807, 2.05) is 13.8 Å². The number of rotatable bonds is 6. The van der Waals surface area contributed by atoms with Crippen molar-refractivity contribution in [2.45, 2.75) is 51.0 Å². The normalized spacial score (nSPS) is 14.5. The Hall–Kier alpha value is 0.560. The monoisotopic (exact) mass is 228 g/mol. The van der Waals surface area contributed by atoms with Gasteiger partial charge in [-0.3, -0.25) is 0 Å². The summed E-state index contributed by atoms with van der Waals surface area (Å²) in [5.41, 5.74) is 0. The molecule has 4 heteroatoms. The molecule has 0 amide bonds. The van der Waals surface area contributed by atoms with Gasteiger partial charge in [0, 0.05) is 16.9 Å². The number of alkyl halides is 2. The highest BCUT2D eigenvalue weighted by molar-refractivity contribution is 8.77. The van der Waals surface area contributed by atoms with Gasteiger partial charge in [-0.05, 0) is 5.92 Å². The van der Waals surface area contributed by atoms with Crippen LogP contribution in [0.5, 0.6) is 0 Å². The van der Waals surface area contributed by atoms with Crippen LogP contribution in [0.2, 0.25) is 0 Å². The minimum absolute atomic E-state index is 0.0159. The van der Waals surface area contributed by atoms with Crippen LogP contribution in [-0.2, 0) is 0 Å². The number of hydrogen-bond acceptors (Lipinski definition) is 2. The third kappa shape index (κ3) is 7.62. The van der Waals surface area contributed by atoms with Crippen molar-refractivity contribution >= 4 is 21.6 Å². The zero-order valence-electron chi connectivity index (χ0n) is 8.59. The first-order chi connectivity index (χ1) is 5.93. The second-order valence-corrected chi connectivity index (χ2v) is 6.74. The second-order valence-electron chi connectivity index (χ2n) is 3.65. The first-order valence-corrected chi connectivity index (χ1v) is 6.81. The smallest absolute Gasteiger partial charge is 0.210 e. The Balaban J connectivity index is 3.81. The van der Waals surface area contributed by atoms with E-state index >= 15 is 0 Å². The lowest BCUT2D eigenvalue weighted by Gasteiger charge is -2.19. The molecule has 1 unspecified atom stereocenters. The van der Waals surface area contributed by atoms with Crippen molar-refractivity contribution in [2.75, 3.05) is 0 Å². The Labute approximate surface area is 87.6 Å². The molecule has 0 aliphatic carbocycles. The molecular weight excluding hydrogens is 210 g/mol. The summed E-state index contributed by atoms with van der Waals surface area (Å²) in [6.07, 6.45) is -2.16. The molecule has 0 aliphatic heterocycles. The van der Waals surface area contributed by atoms with Gasteiger partial charge >= 0.3 is 0 Å². The Bertz CT molecular complexity index is 127. The van der Waals surface area contributed by atoms with E-state index in [4.69, 9.17) is 0 Å². The predicted molar refractivity (Wildman–Crippen MR) is 59.6 cm³/mol. The van der Waals surface area contributed by atoms with Gasteiger partial charge in [0.1, 0.15) is 0 Å². The van der Waals surface area contributed by atoms with Crippen LogP contribution in [0.1, 0.15) is 34.1 Å². The van der Waals surface area contributed by atoms with Gasteiger partial charge in [-0.15, -0.1) is 0 Å². The summed E-state index contributed by atoms with van der Waals surface area (Å²) in [6, 6.07) is 0. The van der Waals surface area contributed by atoms with Gasteiger partial charge < -0.3 is 0 Å². The molecule has 0 nitrogen and oxygen atoms in total. The maximum absolute atomic E-state index is 12.1. The lowest BCUT2D eigenvalue weighted by atomic mass is 10.1. The lowest BCUT2D eigenvalue weighted by Crippen LogP contribution is -2.14. The summed E-state index contributed by atoms with van der Waals surface area (Å²) < 4.78 is 24.3. The fourth-order valence-electron chi connectivity index (χ4n) is 0.781. The SMILES string of the molecule is CC(C)SSC(CC(F)F)C(C)C. The molecule has 1 atom stereocenters. The van der Waals surface area contributed by atoms with E-state index < -0.39 is 6.43 Å². The van der Waals surface area contributed by atoms with Crippen LogP contribution in [0.25, 0.3) is 0 Å². The second kappa shape index (κ2) is 6.93. The lowest BCUT2D eigenvalue weighted by molar-refractivity contribution is 0.132. The molecule has 0 bridgehead atoms. The first-order valence-electron chi connectivity index (χ1n) is 4.53. The fourth-order valence-corrected chi connectivity index (χ4v) is 3.59. The summed E-state index contributed by atoms with van der Waals surface area (Å²) in [6.45, 7) is 8.16. The maximum Gasteiger partial charge on any atom is 0.239 e. The number of hydrogen-bond donors (Lipinski definition) is 0. The average Bonchev–Trinajstić information content (AvgIpc) is 1.96. The van der Waals surface area contributed by atoms with Crippen molar-refractivity contribution in [3.8, 4) is 0 Å². The van der Waals surface area contributed by atoms with E-state index in [2.05, 4.69) is 13.8 Å². The Kier molecular flexibility index (Phi) is 7.23. The third-order valence-electron chi connectivity index (χ3n) is 1.53. The summed E-state index contributed by atoms with van der Waals surface area (Å²) in [5.74, 6) is 0.324. The molecule has 0 fully saturated rings. The van der Waals surface area contributed by atoms with E-state index in [0.717, 1.165) is 0 Å². The van der Waals surface area contributed by atoms with Crippen LogP contribution >= 0.6 is 21.6 Å². The van der Waals surface area contributed by atoms with Crippen molar-refractivity contribution in [2.24, 2.45) is 5.92 Å². The molecule has 0 rings (SSSR count). The van der Waals surface area contributed by atoms with E-state index in [0.29, 0.717) is 11.2 Å². The molecule has 0 aromatic rings. The molecule has 0 radical (unpaired) electrons. The van der Waals surface area contributed by atoms with Gasteiger partial charge in [0.2, 0.25) is 6.43 Å². The molecule has 0 saturated heterocycles. The summed E-state index contributed by atoms with van der Waals surface area (Å²) in [5, 5.41) is 0.580. The molecule has 0 heterocycles. The third-order valence-corrected chi connectivity index (χ3v) is 5.24. The molecule has 0 spiro atoms. The van der Waals surface area contributed by atoms with Gasteiger partial charge in [0.05, 0.1) is 0 Å². The topological polar surface area (TPSA) is 0 Å². The van der Waals surface area contributed by atoms with Crippen molar-refractivity contribution < 1.29 is 8.78 Å². The van der Waals surface area contributed by atoms with Crippen molar-refractivity contribution in [3.05, 3.63) is 0 Å². The predicted octanol–water partition coefficient (Wildman–Crippen LogP) is 4.46. The average molecular weight is 228 g/mol. The summed E-state index contributed by atoms with van der Waals surface area (Å²) >= 11 is 0. The van der Waals surface area contributed by atoms with Gasteiger partial charge in [0.15, 0.2) is 0 Å². The molecule has 0 aromatic carbocycles. The highest BCUT2D eigenvalue weighted by Crippen LogP contribution is 2.37. The first kappa shape index (κ1) is 13.6. The van der Waals surface area contributed by atoms with Crippen LogP contribution in [0.4, 0.5) is 8.78 Å². The maximum atomic E-state index is 12.1. The summed E-state index contributed by atoms with van der Waals surface area (Å²) in [7, 11) is 3.30. The van der Waals surface area contributed by atoms with Crippen LogP contribution in [-0.4, -0.2) is 16.9 Å². The van der Waals surface area contributed by atoms with E-state index in [1.54, 1.807) is 21.6 Å². The fraction of sp³-hybridized carbons (Fsp3) is 1.00. The van der Waals surface area contributed by atoms with Crippen molar-refractivity contribution in [1.82, 2.24) is 0 Å². The zero-order valence-corrected chi connectivity index (χ0v) is 10.2. The van der Waals surface area contributed by atoms with Crippen LogP contribution in [0.3, 0.4) is 0 Å². The van der Waals surface area contributed by atoms with E-state index in [1.165, 1.54) is 0 Å². The number of halogens is 2. The standard InChI is InChI=1S/C9H18F2S2/c1-6(2)8(5-9(10)11)13-12-7(3)4/h6-9H,5H2,1-4H3. The van der Waals surface area contributed by atoms with Gasteiger partial charge in [-0.1, -0.05) is 49.3 Å². The quantitative estimate of drug-likeness (QED) is 0.616. The molecule has 0 aromatic heterocycles. The van der Waals surface area contributed by atoms with Crippen LogP contribution in [0, 0.1) is 5.92 Å². The highest BCUT2D eigenvalue weighted by Gasteiger charge is 2.19. The van der Waals surface area contributed by atoms with Gasteiger partial charge in [-0.2, -0.15) is 0 Å². The molecular formula is C9H18F2S2. The molecule has 0 N–H and O–H groups in total. The van der Waals surface area contributed by atoms with E-state index in [9.17, 15) is 8.78 Å². The molecule has 13 heavy (non-hydrogen) atoms. The zero-order chi connectivity index (χ0) is 10.4. The van der Waals surface area contributed by atoms with Crippen LogP contribution in [0.15, 0.2) is 0 Å². The van der Waals surface area contributed by atoms with Gasteiger partial charge in [0.25, 0.3) is 0 Å². The van der Waals surface area contributed by atoms with E-state index in [-0.39, 0.29) is 11.7 Å². The van der Waals surface area contributed by atoms with Gasteiger partial charge in [-0.25, -0.2) is 8.78 Å². The largest absolute Gasteiger partial charge is 0.239 e. The molecule has 0 saturated carbocycles. The highest BCUT2D eigenvalue weighted by atomic mass is 33.1. The molecule has 0 aliphatic rings. The molecule has 80 valence electrons. The Morgan fingerprint density at radius 3 is 1.85 bits per heavy atom. The van der Waals surface area contributed by atoms with Crippen molar-refractivity contribution in [1.29, 1.82) is 0 Å². The van der Waals surface area contributed by atoms with Crippen molar-refractivity contribution in [3.63, 3.8) is 0 Å². The summed E-state index contributed by atoms with van der Waals surface area (Å²) in [4.78, 5) is 0. The Morgan fingerprint density at radius 1 is 1.00 bits per heavy atom. The minimum atomic E-state index is -2.17.